The number of ether oxygens (including phenoxy) is 4. The Morgan fingerprint density at radius 1 is 1.00 bits per heavy atom. The van der Waals surface area contributed by atoms with Crippen molar-refractivity contribution in [2.45, 2.75) is 0 Å². The average Bonchev–Trinajstić information content (AvgIpc) is 2.65. The molecule has 0 unspecified atom stereocenters. The van der Waals surface area contributed by atoms with E-state index in [1.165, 1.54) is 6.07 Å². The number of benzene rings is 2. The first-order valence-corrected chi connectivity index (χ1v) is 7.84. The van der Waals surface area contributed by atoms with Crippen molar-refractivity contribution in [1.29, 1.82) is 0 Å². The van der Waals surface area contributed by atoms with E-state index in [0.29, 0.717) is 47.2 Å². The number of fused-ring (bicyclic) bond motifs is 2. The monoisotopic (exact) mass is 340 g/mol. The van der Waals surface area contributed by atoms with Gasteiger partial charge in [-0.2, -0.15) is 0 Å². The Morgan fingerprint density at radius 3 is 2.68 bits per heavy atom. The van der Waals surface area contributed by atoms with Gasteiger partial charge in [0.2, 0.25) is 0 Å². The molecule has 6 heteroatoms. The first-order chi connectivity index (χ1) is 12.2. The van der Waals surface area contributed by atoms with Gasteiger partial charge in [-0.1, -0.05) is 0 Å². The van der Waals surface area contributed by atoms with Crippen molar-refractivity contribution >= 4 is 11.0 Å². The molecule has 0 spiro atoms. The van der Waals surface area contributed by atoms with Crippen molar-refractivity contribution in [3.63, 3.8) is 0 Å². The first-order valence-electron chi connectivity index (χ1n) is 7.84. The highest BCUT2D eigenvalue weighted by Gasteiger charge is 2.14. The lowest BCUT2D eigenvalue weighted by Crippen LogP contribution is -2.15. The van der Waals surface area contributed by atoms with Crippen molar-refractivity contribution in [3.05, 3.63) is 52.7 Å². The van der Waals surface area contributed by atoms with Crippen molar-refractivity contribution in [2.24, 2.45) is 0 Å². The largest absolute Gasteiger partial charge is 0.486 e. The standard InChI is InChI=1S/C19H16O6/c1-21-11-24-13-3-4-14-15(20)10-17(25-18(14)9-13)12-2-5-16-19(8-12)23-7-6-22-16/h2-5,8-10H,6-7,11H2,1H3. The molecular formula is C19H16O6. The van der Waals surface area contributed by atoms with Crippen LogP contribution in [0, 0.1) is 0 Å². The maximum atomic E-state index is 12.4. The van der Waals surface area contributed by atoms with Crippen LogP contribution in [0.15, 0.2) is 51.7 Å². The molecule has 0 N–H and O–H groups in total. The van der Waals surface area contributed by atoms with Gasteiger partial charge in [-0.3, -0.25) is 4.79 Å². The van der Waals surface area contributed by atoms with Crippen LogP contribution in [0.4, 0.5) is 0 Å². The predicted molar refractivity (Wildman–Crippen MR) is 91.4 cm³/mol. The van der Waals surface area contributed by atoms with Crippen LogP contribution in [0.25, 0.3) is 22.3 Å². The van der Waals surface area contributed by atoms with E-state index in [-0.39, 0.29) is 12.2 Å². The Hall–Kier alpha value is -2.99. The molecule has 1 aliphatic rings. The molecule has 4 rings (SSSR count). The Balaban J connectivity index is 1.78. The summed E-state index contributed by atoms with van der Waals surface area (Å²) in [4.78, 5) is 12.4. The summed E-state index contributed by atoms with van der Waals surface area (Å²) < 4.78 is 27.3. The molecule has 0 aliphatic carbocycles. The molecule has 0 saturated carbocycles. The molecule has 0 amide bonds. The van der Waals surface area contributed by atoms with Gasteiger partial charge < -0.3 is 23.4 Å². The fourth-order valence-corrected chi connectivity index (χ4v) is 2.69. The van der Waals surface area contributed by atoms with E-state index in [0.717, 1.165) is 5.56 Å². The molecule has 25 heavy (non-hydrogen) atoms. The van der Waals surface area contributed by atoms with Gasteiger partial charge in [0.25, 0.3) is 0 Å². The van der Waals surface area contributed by atoms with E-state index >= 15 is 0 Å². The minimum atomic E-state index is -0.121. The lowest BCUT2D eigenvalue weighted by Gasteiger charge is -2.18. The van der Waals surface area contributed by atoms with E-state index in [2.05, 4.69) is 0 Å². The highest BCUT2D eigenvalue weighted by Crippen LogP contribution is 2.35. The third-order valence-electron chi connectivity index (χ3n) is 3.87. The van der Waals surface area contributed by atoms with E-state index in [1.807, 2.05) is 18.2 Å². The lowest BCUT2D eigenvalue weighted by molar-refractivity contribution is 0.0512. The molecule has 0 atom stereocenters. The molecule has 2 aromatic carbocycles. The summed E-state index contributed by atoms with van der Waals surface area (Å²) in [6, 6.07) is 12.0. The summed E-state index contributed by atoms with van der Waals surface area (Å²) in [7, 11) is 1.54. The van der Waals surface area contributed by atoms with Gasteiger partial charge in [-0.15, -0.1) is 0 Å². The Bertz CT molecular complexity index is 975. The second kappa shape index (κ2) is 6.49. The Kier molecular flexibility index (Phi) is 4.03. The molecule has 1 aromatic heterocycles. The zero-order valence-corrected chi connectivity index (χ0v) is 13.6. The van der Waals surface area contributed by atoms with Gasteiger partial charge >= 0.3 is 0 Å². The van der Waals surface area contributed by atoms with Crippen LogP contribution >= 0.6 is 0 Å². The van der Waals surface area contributed by atoms with Crippen molar-refractivity contribution in [2.75, 3.05) is 27.1 Å². The molecular weight excluding hydrogens is 324 g/mol. The maximum Gasteiger partial charge on any atom is 0.193 e. The minimum absolute atomic E-state index is 0.121. The third kappa shape index (κ3) is 3.04. The van der Waals surface area contributed by atoms with Crippen LogP contribution in [0.5, 0.6) is 17.2 Å². The molecule has 0 bridgehead atoms. The summed E-state index contributed by atoms with van der Waals surface area (Å²) in [6.07, 6.45) is 0. The van der Waals surface area contributed by atoms with Crippen molar-refractivity contribution in [3.8, 4) is 28.6 Å². The normalized spacial score (nSPS) is 13.0. The van der Waals surface area contributed by atoms with Crippen LogP contribution in [0.1, 0.15) is 0 Å². The summed E-state index contributed by atoms with van der Waals surface area (Å²) in [6.45, 7) is 1.15. The second-order valence-electron chi connectivity index (χ2n) is 5.54. The minimum Gasteiger partial charge on any atom is -0.486 e. The van der Waals surface area contributed by atoms with Gasteiger partial charge in [0, 0.05) is 24.8 Å². The fourth-order valence-electron chi connectivity index (χ4n) is 2.69. The predicted octanol–water partition coefficient (Wildman–Crippen LogP) is 3.21. The zero-order valence-electron chi connectivity index (χ0n) is 13.6. The molecule has 0 saturated heterocycles. The summed E-state index contributed by atoms with van der Waals surface area (Å²) in [5.41, 5.74) is 1.07. The summed E-state index contributed by atoms with van der Waals surface area (Å²) in [5.74, 6) is 2.35. The number of rotatable bonds is 4. The maximum absolute atomic E-state index is 12.4. The molecule has 0 fully saturated rings. The average molecular weight is 340 g/mol. The van der Waals surface area contributed by atoms with Crippen LogP contribution in [-0.4, -0.2) is 27.1 Å². The molecule has 1 aliphatic heterocycles. The molecule has 6 nitrogen and oxygen atoms in total. The van der Waals surface area contributed by atoms with Gasteiger partial charge in [0.1, 0.15) is 30.3 Å². The lowest BCUT2D eigenvalue weighted by atomic mass is 10.1. The van der Waals surface area contributed by atoms with E-state index in [4.69, 9.17) is 23.4 Å². The van der Waals surface area contributed by atoms with Gasteiger partial charge in [0.15, 0.2) is 23.7 Å². The second-order valence-corrected chi connectivity index (χ2v) is 5.54. The highest BCUT2D eigenvalue weighted by molar-refractivity contribution is 5.80. The smallest absolute Gasteiger partial charge is 0.193 e. The summed E-state index contributed by atoms with van der Waals surface area (Å²) in [5, 5.41) is 0.492. The van der Waals surface area contributed by atoms with Gasteiger partial charge in [0.05, 0.1) is 5.39 Å². The molecule has 2 heterocycles. The Morgan fingerprint density at radius 2 is 1.84 bits per heavy atom. The van der Waals surface area contributed by atoms with Crippen LogP contribution in [-0.2, 0) is 4.74 Å². The molecule has 3 aromatic rings. The zero-order chi connectivity index (χ0) is 17.2. The van der Waals surface area contributed by atoms with E-state index in [9.17, 15) is 4.79 Å². The van der Waals surface area contributed by atoms with E-state index in [1.54, 1.807) is 25.3 Å². The third-order valence-corrected chi connectivity index (χ3v) is 3.87. The summed E-state index contributed by atoms with van der Waals surface area (Å²) >= 11 is 0. The van der Waals surface area contributed by atoms with Crippen LogP contribution < -0.4 is 19.6 Å². The van der Waals surface area contributed by atoms with E-state index < -0.39 is 0 Å². The molecule has 0 radical (unpaired) electrons. The fraction of sp³-hybridized carbons (Fsp3) is 0.211. The molecule has 128 valence electrons. The first kappa shape index (κ1) is 15.5. The van der Waals surface area contributed by atoms with Crippen LogP contribution in [0.2, 0.25) is 0 Å². The number of hydrogen-bond acceptors (Lipinski definition) is 6. The topological polar surface area (TPSA) is 67.1 Å². The van der Waals surface area contributed by atoms with Crippen LogP contribution in [0.3, 0.4) is 0 Å². The van der Waals surface area contributed by atoms with Crippen molar-refractivity contribution in [1.82, 2.24) is 0 Å². The van der Waals surface area contributed by atoms with Gasteiger partial charge in [-0.05, 0) is 30.3 Å². The number of hydrogen-bond donors (Lipinski definition) is 0. The van der Waals surface area contributed by atoms with Gasteiger partial charge in [-0.25, -0.2) is 0 Å². The highest BCUT2D eigenvalue weighted by atomic mass is 16.7. The Labute approximate surface area is 143 Å². The SMILES string of the molecule is COCOc1ccc2c(=O)cc(-c3ccc4c(c3)OCCO4)oc2c1. The van der Waals surface area contributed by atoms with Crippen molar-refractivity contribution < 1.29 is 23.4 Å². The number of methoxy groups -OCH3 is 1. The quantitative estimate of drug-likeness (QED) is 0.680.